The van der Waals surface area contributed by atoms with Gasteiger partial charge in [0.15, 0.2) is 19.7 Å². The molecule has 2 amide bonds. The van der Waals surface area contributed by atoms with Gasteiger partial charge < -0.3 is 55.7 Å². The Balaban J connectivity index is 0.000000177. The zero-order chi connectivity index (χ0) is 108. The molecule has 8 aromatic carbocycles. The second-order valence-corrected chi connectivity index (χ2v) is 51.7. The Hall–Kier alpha value is -12.1. The summed E-state index contributed by atoms with van der Waals surface area (Å²) >= 11 is 12.7. The third kappa shape index (κ3) is 33.7. The molecular formula is C111H140Cl2FN19O12S4. The number of aromatic nitrogens is 8. The molecule has 0 radical (unpaired) electrons. The maximum absolute atomic E-state index is 14.9. The smallest absolute Gasteiger partial charge is 0.254 e. The number of nitrogens with one attached hydrogen (secondary N) is 7. The Labute approximate surface area is 888 Å². The average Bonchev–Trinajstić information content (AvgIpc) is 0.829. The van der Waals surface area contributed by atoms with E-state index in [1.165, 1.54) is 17.8 Å². The Morgan fingerprint density at radius 2 is 0.832 bits per heavy atom. The Morgan fingerprint density at radius 3 is 1.26 bits per heavy atom. The van der Waals surface area contributed by atoms with Crippen LogP contribution in [-0.2, 0) is 92.9 Å². The van der Waals surface area contributed by atoms with Crippen molar-refractivity contribution in [2.24, 2.45) is 0 Å². The minimum absolute atomic E-state index is 0.00740. The molecular weight excluding hydrogens is 2010 g/mol. The molecule has 7 N–H and O–H groups in total. The van der Waals surface area contributed by atoms with E-state index in [4.69, 9.17) is 47.6 Å². The van der Waals surface area contributed by atoms with Crippen molar-refractivity contribution in [3.63, 3.8) is 0 Å². The highest BCUT2D eigenvalue weighted by atomic mass is 35.5. The van der Waals surface area contributed by atoms with Gasteiger partial charge >= 0.3 is 0 Å². The first-order chi connectivity index (χ1) is 70.0. The maximum Gasteiger partial charge on any atom is 0.254 e. The van der Waals surface area contributed by atoms with Gasteiger partial charge in [-0.2, -0.15) is 0 Å². The molecule has 0 atom stereocenters. The van der Waals surface area contributed by atoms with Crippen molar-refractivity contribution in [3.8, 4) is 5.75 Å². The number of morpholine rings is 1. The van der Waals surface area contributed by atoms with Gasteiger partial charge in [-0.1, -0.05) is 83.9 Å². The number of amides is 2. The zero-order valence-corrected chi connectivity index (χ0v) is 93.7. The Bertz CT molecular complexity index is 7220. The fraction of sp³-hybridized carbons (Fsp3) is 0.405. The SMILES string of the molecule is COc1ccc(Nc2nc(C)c(C)c(Cc3cccc(S(=O)(=O)NC(C)(C)C)c3)n2)cc1.Cc1cnc(Nc2ccc(C(=O)NC3CCN(C)CC3)c(F)c2)nc1Cc1ccc(Cl)c(CS(=O)(=O)C(C)(C)C)c1.Cc1cnc(Nc2ccc(CC(=O)N3CCN(C)CC3)cc2)nc1Cc1ccc(Cl)c(CS(=O)(=O)C(C)(C)C)c1.Cc1nc(Nc2ccc(N3CCOCC3)cc2)nc(Cc2cccc(S(=O)(=O)NC(C)(C)C)c2)c1C. The van der Waals surface area contributed by atoms with E-state index < -0.39 is 72.0 Å². The van der Waals surface area contributed by atoms with Gasteiger partial charge in [0.05, 0.1) is 85.9 Å². The summed E-state index contributed by atoms with van der Waals surface area (Å²) in [6.07, 6.45) is 7.43. The van der Waals surface area contributed by atoms with E-state index in [1.807, 2.05) is 186 Å². The number of likely N-dealkylation sites (tertiary alicyclic amines) is 1. The van der Waals surface area contributed by atoms with Gasteiger partial charge in [0.25, 0.3) is 5.91 Å². The highest BCUT2D eigenvalue weighted by Gasteiger charge is 2.34. The molecule has 0 unspecified atom stereocenters. The molecule has 3 aliphatic rings. The van der Waals surface area contributed by atoms with E-state index >= 15 is 0 Å². The predicted molar refractivity (Wildman–Crippen MR) is 593 cm³/mol. The fourth-order valence-electron chi connectivity index (χ4n) is 16.2. The number of piperidine rings is 1. The number of carbonyl (C=O) groups excluding carboxylic acids is 2. The topological polar surface area (TPSA) is 389 Å². The van der Waals surface area contributed by atoms with Crippen LogP contribution in [0.5, 0.6) is 5.75 Å². The molecule has 796 valence electrons. The first-order valence-electron chi connectivity index (χ1n) is 49.6. The number of ether oxygens (including phenoxy) is 2. The first kappa shape index (κ1) is 116. The van der Waals surface area contributed by atoms with E-state index in [2.05, 4.69) is 94.8 Å². The molecule has 0 aliphatic carbocycles. The van der Waals surface area contributed by atoms with Gasteiger partial charge in [-0.05, 0) is 341 Å². The molecule has 3 fully saturated rings. The summed E-state index contributed by atoms with van der Waals surface area (Å²) in [6.45, 7) is 41.2. The number of hydrogen-bond acceptors (Lipinski definition) is 27. The number of sulfone groups is 2. The second-order valence-electron chi connectivity index (χ2n) is 42.0. The molecule has 0 spiro atoms. The summed E-state index contributed by atoms with van der Waals surface area (Å²) in [7, 11) is -8.27. The lowest BCUT2D eigenvalue weighted by atomic mass is 10.0. The maximum atomic E-state index is 14.9. The number of likely N-dealkylation sites (N-methyl/N-ethyl adjacent to an activating group) is 1. The predicted octanol–water partition coefficient (Wildman–Crippen LogP) is 19.1. The second kappa shape index (κ2) is 49.8. The monoisotopic (exact) mass is 2150 g/mol. The van der Waals surface area contributed by atoms with Crippen LogP contribution in [0, 0.1) is 47.4 Å². The minimum atomic E-state index is -3.62. The third-order valence-corrected chi connectivity index (χ3v) is 34.8. The van der Waals surface area contributed by atoms with E-state index in [0.717, 1.165) is 185 Å². The normalized spacial score (nSPS) is 14.2. The number of piperazine rings is 1. The Kier molecular flexibility index (Phi) is 38.6. The van der Waals surface area contributed by atoms with Crippen LogP contribution in [0.4, 0.5) is 56.6 Å². The molecule has 3 saturated heterocycles. The molecule has 0 saturated carbocycles. The number of halogens is 3. The van der Waals surface area contributed by atoms with Gasteiger partial charge in [-0.25, -0.2) is 87.4 Å². The van der Waals surface area contributed by atoms with Crippen molar-refractivity contribution in [1.29, 1.82) is 0 Å². The van der Waals surface area contributed by atoms with Gasteiger partial charge in [0, 0.05) is 144 Å². The van der Waals surface area contributed by atoms with Crippen LogP contribution in [0.2, 0.25) is 10.0 Å². The van der Waals surface area contributed by atoms with Crippen LogP contribution >= 0.6 is 23.2 Å². The third-order valence-electron chi connectivity index (χ3n) is 25.5. The van der Waals surface area contributed by atoms with Crippen molar-refractivity contribution in [1.82, 2.24) is 69.3 Å². The molecule has 7 heterocycles. The summed E-state index contributed by atoms with van der Waals surface area (Å²) in [4.78, 5) is 71.2. The van der Waals surface area contributed by atoms with E-state index in [-0.39, 0.29) is 44.8 Å². The number of hydrogen-bond donors (Lipinski definition) is 7. The fourth-order valence-corrected chi connectivity index (χ4v) is 21.8. The molecule has 3 aliphatic heterocycles. The van der Waals surface area contributed by atoms with Gasteiger partial charge in [0.1, 0.15) is 11.6 Å². The van der Waals surface area contributed by atoms with Crippen LogP contribution in [0.15, 0.2) is 198 Å². The highest BCUT2D eigenvalue weighted by molar-refractivity contribution is 7.92. The van der Waals surface area contributed by atoms with Gasteiger partial charge in [-0.15, -0.1) is 0 Å². The van der Waals surface area contributed by atoms with Crippen LogP contribution in [0.25, 0.3) is 0 Å². The van der Waals surface area contributed by atoms with Crippen molar-refractivity contribution < 1.29 is 57.1 Å². The van der Waals surface area contributed by atoms with E-state index in [0.29, 0.717) is 76.8 Å². The number of rotatable bonds is 30. The van der Waals surface area contributed by atoms with E-state index in [9.17, 15) is 47.7 Å². The molecule has 12 aromatic rings. The largest absolute Gasteiger partial charge is 0.497 e. The summed E-state index contributed by atoms with van der Waals surface area (Å²) in [5.41, 5.74) is 17.4. The zero-order valence-electron chi connectivity index (χ0n) is 88.9. The Morgan fingerprint density at radius 1 is 0.443 bits per heavy atom. The van der Waals surface area contributed by atoms with Gasteiger partial charge in [0.2, 0.25) is 49.7 Å². The quantitative estimate of drug-likeness (QED) is 0.0220. The molecule has 15 rings (SSSR count). The van der Waals surface area contributed by atoms with Crippen LogP contribution in [-0.4, -0.2) is 213 Å². The molecule has 31 nitrogen and oxygen atoms in total. The number of carbonyl (C=O) groups is 2. The molecule has 0 bridgehead atoms. The van der Waals surface area contributed by atoms with Crippen LogP contribution < -0.4 is 45.7 Å². The lowest BCUT2D eigenvalue weighted by Crippen LogP contribution is -2.47. The van der Waals surface area contributed by atoms with Crippen molar-refractivity contribution in [3.05, 3.63) is 305 Å². The molecule has 38 heteroatoms. The number of benzene rings is 8. The summed E-state index contributed by atoms with van der Waals surface area (Å²) in [6, 6.07) is 52.7. The summed E-state index contributed by atoms with van der Waals surface area (Å²) in [5, 5.41) is 16.6. The van der Waals surface area contributed by atoms with E-state index in [1.54, 1.807) is 122 Å². The number of methoxy groups -OCH3 is 1. The van der Waals surface area contributed by atoms with Crippen LogP contribution in [0.3, 0.4) is 0 Å². The van der Waals surface area contributed by atoms with Crippen molar-refractivity contribution in [2.75, 3.05) is 113 Å². The standard InChI is InChI=1S/C30H37ClFN5O3S.C30H38ClN5O3S.C27H35N5O3S.C24H30N4O3S/c1-19-17-33-29(35-23-7-8-24(26(32)16-23)28(38)34-22-10-12-37(5)13-11-22)36-27(19)15-20-6-9-25(31)21(14-20)18-41(39,40)30(2,3)4;1-21-19-32-29(33-25-9-6-22(7-10-25)18-28(37)36-14-12-35(5)13-15-36)34-27(21)17-23-8-11-26(31)24(16-23)20-40(38,39)30(2,3)4;1-19-20(2)28-26(29-22-9-11-23(12-10-22)32-13-15-35-16-14-32)30-25(19)18-21-7-6-8-24(17-21)36(33,34)31-27(3,4)5;1-16-17(2)25-23(26-19-10-12-20(31-6)13-11-19)27-22(16)15-18-8-7-9-21(14-18)32(29,30)28-24(3,4)5/h6-9,14,16-17,22H,10-13,15,18H2,1-5H3,(H,34,38)(H,33,35,36);6-11,16,19H,12-15,17-18,20H2,1-5H3,(H,32,33,34);6-12,17,31H,13-16,18H2,1-5H3,(H,28,29,30);7-14,28H,15H2,1-6H3,(H,25,26,27). The number of anilines is 9. The molecule has 149 heavy (non-hydrogen) atoms. The van der Waals surface area contributed by atoms with Gasteiger partial charge in [-0.3, -0.25) is 9.59 Å². The number of aryl methyl sites for hydroxylation is 4. The van der Waals surface area contributed by atoms with Crippen LogP contribution in [0.1, 0.15) is 202 Å². The lowest BCUT2D eigenvalue weighted by Gasteiger charge is -2.32. The van der Waals surface area contributed by atoms with Crippen molar-refractivity contribution in [2.45, 2.75) is 217 Å². The highest BCUT2D eigenvalue weighted by Crippen LogP contribution is 2.34. The van der Waals surface area contributed by atoms with Crippen molar-refractivity contribution >= 4 is 127 Å². The summed E-state index contributed by atoms with van der Waals surface area (Å²) < 4.78 is 131. The average molecular weight is 2150 g/mol. The first-order valence-corrected chi connectivity index (χ1v) is 56.6. The summed E-state index contributed by atoms with van der Waals surface area (Å²) in [5.74, 6) is 1.35. The minimum Gasteiger partial charge on any atom is -0.497 e. The number of nitrogens with zero attached hydrogens (tertiary/aromatic N) is 12. The lowest BCUT2D eigenvalue weighted by molar-refractivity contribution is -0.132. The number of sulfonamides is 2. The molecule has 4 aromatic heterocycles.